The molecule has 320 valence electrons. The molecule has 1 aliphatic heterocycles. The van der Waals surface area contributed by atoms with E-state index < -0.39 is 0 Å². The first-order valence-electron chi connectivity index (χ1n) is 23.0. The van der Waals surface area contributed by atoms with Crippen LogP contribution in [-0.4, -0.2) is 21.6 Å². The van der Waals surface area contributed by atoms with E-state index in [1.165, 1.54) is 38.2 Å². The molecule has 0 saturated carbocycles. The summed E-state index contributed by atoms with van der Waals surface area (Å²) in [4.78, 5) is 20.0. The summed E-state index contributed by atoms with van der Waals surface area (Å²) in [6, 6.07) is 87.4. The molecule has 0 spiro atoms. The first-order valence-corrected chi connectivity index (χ1v) is 23.0. The van der Waals surface area contributed by atoms with Crippen LogP contribution in [0.5, 0.6) is 0 Å². The highest BCUT2D eigenvalue weighted by molar-refractivity contribution is 6.13. The van der Waals surface area contributed by atoms with Gasteiger partial charge in [-0.05, 0) is 78.7 Å². The van der Waals surface area contributed by atoms with Crippen molar-refractivity contribution >= 4 is 33.2 Å². The van der Waals surface area contributed by atoms with Crippen LogP contribution in [0.1, 0.15) is 22.9 Å². The van der Waals surface area contributed by atoms with Gasteiger partial charge in [0.2, 0.25) is 0 Å². The number of amidine groups is 2. The highest BCUT2D eigenvalue weighted by Crippen LogP contribution is 2.38. The fraction of sp³-hybridized carbons (Fsp3) is 0.0159. The number of hydrogen-bond donors (Lipinski definition) is 1. The highest BCUT2D eigenvalue weighted by atomic mass is 15.2. The Kier molecular flexibility index (Phi) is 10.5. The molecule has 0 radical (unpaired) electrons. The Hall–Kier alpha value is -9.06. The molecule has 0 bridgehead atoms. The molecule has 0 saturated heterocycles. The van der Waals surface area contributed by atoms with Gasteiger partial charge in [-0.25, -0.2) is 20.0 Å². The second-order valence-corrected chi connectivity index (χ2v) is 17.1. The van der Waals surface area contributed by atoms with Crippen molar-refractivity contribution in [3.8, 4) is 67.3 Å². The second kappa shape index (κ2) is 17.7. The molecule has 5 heteroatoms. The lowest BCUT2D eigenvalue weighted by atomic mass is 9.91. The maximum atomic E-state index is 5.04. The quantitative estimate of drug-likeness (QED) is 0.157. The minimum absolute atomic E-state index is 0.240. The largest absolute Gasteiger partial charge is 0.344 e. The number of aliphatic imine (C=N–C) groups is 2. The van der Waals surface area contributed by atoms with Crippen molar-refractivity contribution in [3.05, 3.63) is 265 Å². The van der Waals surface area contributed by atoms with Gasteiger partial charge in [0, 0.05) is 27.8 Å². The molecule has 1 unspecified atom stereocenters. The van der Waals surface area contributed by atoms with E-state index in [1.807, 2.05) is 72.8 Å². The zero-order valence-electron chi connectivity index (χ0n) is 37.0. The van der Waals surface area contributed by atoms with E-state index in [4.69, 9.17) is 20.0 Å². The number of aromatic nitrogens is 2. The standard InChI is InChI=1S/C63H43N5/c1-5-15-44(16-6-1)58-41-59(65-60(64-58)46-17-7-2-8-18-46)45-31-27-42(28-32-45)50-35-37-54-52(39-50)23-13-25-56(54)57-26-14-24-53-40-51(36-38-55(53)57)43-29-33-49(34-30-43)63-67-61(47-19-9-3-10-20-47)66-62(68-63)48-21-11-4-12-22-48/h1-41,61H,(H,66,67,68). The van der Waals surface area contributed by atoms with Crippen molar-refractivity contribution in [2.75, 3.05) is 0 Å². The van der Waals surface area contributed by atoms with Gasteiger partial charge in [0.1, 0.15) is 12.0 Å². The van der Waals surface area contributed by atoms with Gasteiger partial charge in [0.05, 0.1) is 11.4 Å². The summed E-state index contributed by atoms with van der Waals surface area (Å²) in [5.41, 5.74) is 15.0. The lowest BCUT2D eigenvalue weighted by Gasteiger charge is -2.23. The third kappa shape index (κ3) is 8.03. The molecule has 12 rings (SSSR count). The molecule has 1 aliphatic rings. The number of nitrogens with one attached hydrogen (secondary N) is 1. The van der Waals surface area contributed by atoms with Crippen molar-refractivity contribution in [1.29, 1.82) is 0 Å². The minimum atomic E-state index is -0.240. The average molecular weight is 870 g/mol. The molecule has 2 heterocycles. The predicted octanol–water partition coefficient (Wildman–Crippen LogP) is 15.3. The maximum absolute atomic E-state index is 5.04. The Morgan fingerprint density at radius 1 is 0.324 bits per heavy atom. The lowest BCUT2D eigenvalue weighted by Crippen LogP contribution is -2.33. The second-order valence-electron chi connectivity index (χ2n) is 17.1. The fourth-order valence-corrected chi connectivity index (χ4v) is 9.24. The summed E-state index contributed by atoms with van der Waals surface area (Å²) in [5, 5.41) is 8.42. The van der Waals surface area contributed by atoms with Crippen molar-refractivity contribution in [2.24, 2.45) is 9.98 Å². The molecule has 5 nitrogen and oxygen atoms in total. The van der Waals surface area contributed by atoms with Crippen LogP contribution in [0.15, 0.2) is 259 Å². The van der Waals surface area contributed by atoms with Gasteiger partial charge in [-0.1, -0.05) is 231 Å². The van der Waals surface area contributed by atoms with E-state index in [-0.39, 0.29) is 6.17 Å². The Balaban J connectivity index is 0.815. The van der Waals surface area contributed by atoms with Crippen LogP contribution in [-0.2, 0) is 0 Å². The first-order chi connectivity index (χ1) is 33.7. The molecule has 68 heavy (non-hydrogen) atoms. The average Bonchev–Trinajstić information content (AvgIpc) is 3.43. The van der Waals surface area contributed by atoms with Crippen LogP contribution in [0.3, 0.4) is 0 Å². The Labute approximate surface area is 395 Å². The Bertz CT molecular complexity index is 3600. The van der Waals surface area contributed by atoms with Crippen molar-refractivity contribution in [1.82, 2.24) is 15.3 Å². The molecular formula is C63H43N5. The third-order valence-corrected chi connectivity index (χ3v) is 12.8. The monoisotopic (exact) mass is 869 g/mol. The van der Waals surface area contributed by atoms with Crippen LogP contribution in [0, 0.1) is 0 Å². The highest BCUT2D eigenvalue weighted by Gasteiger charge is 2.21. The van der Waals surface area contributed by atoms with Crippen molar-refractivity contribution in [2.45, 2.75) is 6.17 Å². The van der Waals surface area contributed by atoms with E-state index >= 15 is 0 Å². The Morgan fingerprint density at radius 3 is 1.31 bits per heavy atom. The Morgan fingerprint density at radius 2 is 0.765 bits per heavy atom. The summed E-state index contributed by atoms with van der Waals surface area (Å²) in [6.07, 6.45) is -0.240. The molecule has 1 aromatic heterocycles. The number of rotatable bonds is 9. The number of hydrogen-bond acceptors (Lipinski definition) is 5. The van der Waals surface area contributed by atoms with Gasteiger partial charge in [0.25, 0.3) is 0 Å². The number of fused-ring (bicyclic) bond motifs is 2. The van der Waals surface area contributed by atoms with E-state index in [1.54, 1.807) is 0 Å². The molecule has 0 fully saturated rings. The van der Waals surface area contributed by atoms with Gasteiger partial charge >= 0.3 is 0 Å². The van der Waals surface area contributed by atoms with E-state index in [2.05, 4.69) is 181 Å². The van der Waals surface area contributed by atoms with E-state index in [9.17, 15) is 0 Å². The van der Waals surface area contributed by atoms with Gasteiger partial charge in [-0.15, -0.1) is 0 Å². The van der Waals surface area contributed by atoms with Crippen LogP contribution in [0.2, 0.25) is 0 Å². The minimum Gasteiger partial charge on any atom is -0.344 e. The molecular weight excluding hydrogens is 827 g/mol. The third-order valence-electron chi connectivity index (χ3n) is 12.8. The van der Waals surface area contributed by atoms with Crippen molar-refractivity contribution in [3.63, 3.8) is 0 Å². The molecule has 10 aromatic carbocycles. The summed E-state index contributed by atoms with van der Waals surface area (Å²) < 4.78 is 0. The lowest BCUT2D eigenvalue weighted by molar-refractivity contribution is 0.674. The van der Waals surface area contributed by atoms with E-state index in [0.717, 1.165) is 73.1 Å². The van der Waals surface area contributed by atoms with Crippen molar-refractivity contribution < 1.29 is 0 Å². The van der Waals surface area contributed by atoms with E-state index in [0.29, 0.717) is 5.82 Å². The summed E-state index contributed by atoms with van der Waals surface area (Å²) in [5.74, 6) is 2.23. The first kappa shape index (κ1) is 40.4. The van der Waals surface area contributed by atoms with Gasteiger partial charge in [0.15, 0.2) is 11.7 Å². The SMILES string of the molecule is c1ccc(C2=NC(c3ccccc3)NC(c3ccc(-c4ccc5c(-c6cccc7cc(-c8ccc(-c9cc(-c%10ccccc%10)nc(-c%10ccccc%10)n9)cc8)ccc67)cccc5c4)cc3)=N2)cc1. The summed E-state index contributed by atoms with van der Waals surface area (Å²) >= 11 is 0. The summed E-state index contributed by atoms with van der Waals surface area (Å²) in [7, 11) is 0. The van der Waals surface area contributed by atoms with Gasteiger partial charge in [-0.2, -0.15) is 0 Å². The van der Waals surface area contributed by atoms with Crippen LogP contribution < -0.4 is 5.32 Å². The van der Waals surface area contributed by atoms with Crippen LogP contribution >= 0.6 is 0 Å². The molecule has 11 aromatic rings. The maximum Gasteiger partial charge on any atom is 0.160 e. The number of nitrogens with zero attached hydrogens (tertiary/aromatic N) is 4. The van der Waals surface area contributed by atoms with Crippen LogP contribution in [0.4, 0.5) is 0 Å². The summed E-state index contributed by atoms with van der Waals surface area (Å²) in [6.45, 7) is 0. The molecule has 1 atom stereocenters. The van der Waals surface area contributed by atoms with Gasteiger partial charge < -0.3 is 5.32 Å². The van der Waals surface area contributed by atoms with Gasteiger partial charge in [-0.3, -0.25) is 0 Å². The normalized spacial score (nSPS) is 13.4. The smallest absolute Gasteiger partial charge is 0.160 e. The molecule has 0 amide bonds. The topological polar surface area (TPSA) is 62.5 Å². The fourth-order valence-electron chi connectivity index (χ4n) is 9.24. The zero-order chi connectivity index (χ0) is 45.2. The zero-order valence-corrected chi connectivity index (χ0v) is 37.0. The number of benzene rings is 10. The molecule has 0 aliphatic carbocycles. The van der Waals surface area contributed by atoms with Crippen LogP contribution in [0.25, 0.3) is 88.8 Å². The predicted molar refractivity (Wildman–Crippen MR) is 281 cm³/mol. The molecule has 1 N–H and O–H groups in total.